The van der Waals surface area contributed by atoms with Crippen LogP contribution in [0.5, 0.6) is 0 Å². The Morgan fingerprint density at radius 3 is 2.18 bits per heavy atom. The largest absolute Gasteiger partial charge is 0.350 e. The van der Waals surface area contributed by atoms with Gasteiger partial charge in [-0.05, 0) is 64.2 Å². The Hall–Kier alpha value is -2.86. The molecule has 2 aromatic carbocycles. The van der Waals surface area contributed by atoms with Crippen LogP contribution in [-0.2, 0) is 6.42 Å². The van der Waals surface area contributed by atoms with Crippen LogP contribution in [0.4, 0.5) is 10.5 Å². The van der Waals surface area contributed by atoms with Crippen LogP contribution in [0.3, 0.4) is 0 Å². The summed E-state index contributed by atoms with van der Waals surface area (Å²) in [6.45, 7) is 4.34. The van der Waals surface area contributed by atoms with Crippen molar-refractivity contribution in [1.29, 1.82) is 0 Å². The summed E-state index contributed by atoms with van der Waals surface area (Å²) in [4.78, 5) is 26.3. The number of urea groups is 1. The van der Waals surface area contributed by atoms with Crippen molar-refractivity contribution in [3.8, 4) is 0 Å². The van der Waals surface area contributed by atoms with Crippen LogP contribution in [0.1, 0.15) is 29.8 Å². The molecule has 6 nitrogen and oxygen atoms in total. The summed E-state index contributed by atoms with van der Waals surface area (Å²) in [5.74, 6) is -0.127. The van der Waals surface area contributed by atoms with Crippen molar-refractivity contribution in [2.45, 2.75) is 32.4 Å². The first-order chi connectivity index (χ1) is 13.3. The number of benzene rings is 2. The highest BCUT2D eigenvalue weighted by Crippen LogP contribution is 2.10. The summed E-state index contributed by atoms with van der Waals surface area (Å²) < 4.78 is 0. The van der Waals surface area contributed by atoms with E-state index < -0.39 is 0 Å². The number of carbonyl (C=O) groups is 2. The molecule has 2 rings (SSSR count). The monoisotopic (exact) mass is 382 g/mol. The lowest BCUT2D eigenvalue weighted by Crippen LogP contribution is -2.41. The molecule has 0 radical (unpaired) electrons. The van der Waals surface area contributed by atoms with E-state index in [-0.39, 0.29) is 24.0 Å². The zero-order valence-corrected chi connectivity index (χ0v) is 17.0. The lowest BCUT2D eigenvalue weighted by atomic mass is 10.0. The Labute approximate surface area is 167 Å². The van der Waals surface area contributed by atoms with Crippen molar-refractivity contribution < 1.29 is 9.59 Å². The van der Waals surface area contributed by atoms with Gasteiger partial charge in [0, 0.05) is 29.9 Å². The van der Waals surface area contributed by atoms with Gasteiger partial charge in [-0.1, -0.05) is 30.3 Å². The van der Waals surface area contributed by atoms with Crippen LogP contribution in [0, 0.1) is 0 Å². The van der Waals surface area contributed by atoms with E-state index in [4.69, 9.17) is 0 Å². The van der Waals surface area contributed by atoms with Crippen molar-refractivity contribution in [1.82, 2.24) is 15.5 Å². The third-order valence-electron chi connectivity index (χ3n) is 4.37. The zero-order chi connectivity index (χ0) is 20.5. The maximum atomic E-state index is 12.5. The smallest absolute Gasteiger partial charge is 0.319 e. The summed E-state index contributed by atoms with van der Waals surface area (Å²) >= 11 is 0. The molecule has 0 aromatic heterocycles. The van der Waals surface area contributed by atoms with E-state index in [0.29, 0.717) is 17.8 Å². The predicted molar refractivity (Wildman–Crippen MR) is 114 cm³/mol. The van der Waals surface area contributed by atoms with Gasteiger partial charge in [-0.15, -0.1) is 0 Å². The number of hydrogen-bond donors (Lipinski definition) is 3. The second kappa shape index (κ2) is 10.5. The van der Waals surface area contributed by atoms with E-state index in [1.807, 2.05) is 46.1 Å². The minimum Gasteiger partial charge on any atom is -0.350 e. The van der Waals surface area contributed by atoms with E-state index in [1.54, 1.807) is 24.3 Å². The van der Waals surface area contributed by atoms with Crippen molar-refractivity contribution in [2.24, 2.45) is 0 Å². The van der Waals surface area contributed by atoms with Gasteiger partial charge in [0.1, 0.15) is 0 Å². The van der Waals surface area contributed by atoms with Gasteiger partial charge >= 0.3 is 6.03 Å². The van der Waals surface area contributed by atoms with Crippen LogP contribution < -0.4 is 16.0 Å². The Bertz CT molecular complexity index is 758. The van der Waals surface area contributed by atoms with Crippen molar-refractivity contribution in [2.75, 3.05) is 26.0 Å². The molecule has 150 valence electrons. The van der Waals surface area contributed by atoms with Crippen molar-refractivity contribution in [3.05, 3.63) is 65.7 Å². The molecular formula is C22H30N4O2. The SMILES string of the molecule is CC(C)NC(=O)Nc1ccc(C(=O)NC[C@H](Cc2ccccc2)N(C)C)cc1. The number of amides is 3. The average molecular weight is 383 g/mol. The first-order valence-corrected chi connectivity index (χ1v) is 9.51. The van der Waals surface area contributed by atoms with E-state index in [2.05, 4.69) is 33.0 Å². The Kier molecular flexibility index (Phi) is 8.02. The number of likely N-dealkylation sites (N-methyl/N-ethyl adjacent to an activating group) is 1. The van der Waals surface area contributed by atoms with Gasteiger partial charge in [-0.3, -0.25) is 4.79 Å². The fourth-order valence-electron chi connectivity index (χ4n) is 2.77. The standard InChI is InChI=1S/C22H30N4O2/c1-16(2)24-22(28)25-19-12-10-18(11-13-19)21(27)23-15-20(26(3)4)14-17-8-6-5-7-9-17/h5-13,16,20H,14-15H2,1-4H3,(H,23,27)(H2,24,25,28)/t20-/m0/s1. The molecule has 0 aliphatic carbocycles. The quantitative estimate of drug-likeness (QED) is 0.657. The molecule has 0 fully saturated rings. The molecule has 3 N–H and O–H groups in total. The van der Waals surface area contributed by atoms with E-state index >= 15 is 0 Å². The third kappa shape index (κ3) is 7.04. The third-order valence-corrected chi connectivity index (χ3v) is 4.37. The predicted octanol–water partition coefficient (Wildman–Crippen LogP) is 3.12. The van der Waals surface area contributed by atoms with Crippen LogP contribution in [0.25, 0.3) is 0 Å². The molecular weight excluding hydrogens is 352 g/mol. The maximum Gasteiger partial charge on any atom is 0.319 e. The molecule has 6 heteroatoms. The molecule has 0 aliphatic heterocycles. The maximum absolute atomic E-state index is 12.5. The topological polar surface area (TPSA) is 73.5 Å². The van der Waals surface area contributed by atoms with E-state index in [0.717, 1.165) is 6.42 Å². The Balaban J connectivity index is 1.89. The Morgan fingerprint density at radius 2 is 1.61 bits per heavy atom. The van der Waals surface area contributed by atoms with Crippen molar-refractivity contribution in [3.63, 3.8) is 0 Å². The average Bonchev–Trinajstić information content (AvgIpc) is 2.65. The minimum absolute atomic E-state index is 0.0607. The number of hydrogen-bond acceptors (Lipinski definition) is 3. The van der Waals surface area contributed by atoms with Gasteiger partial charge in [0.15, 0.2) is 0 Å². The first kappa shape index (κ1) is 21.4. The second-order valence-electron chi connectivity index (χ2n) is 7.35. The molecule has 0 bridgehead atoms. The molecule has 0 saturated heterocycles. The highest BCUT2D eigenvalue weighted by Gasteiger charge is 2.14. The van der Waals surface area contributed by atoms with Gasteiger partial charge < -0.3 is 20.9 Å². The Morgan fingerprint density at radius 1 is 0.964 bits per heavy atom. The van der Waals surface area contributed by atoms with Crippen LogP contribution in [-0.4, -0.2) is 49.6 Å². The van der Waals surface area contributed by atoms with Crippen LogP contribution in [0.15, 0.2) is 54.6 Å². The van der Waals surface area contributed by atoms with Gasteiger partial charge in [0.2, 0.25) is 0 Å². The number of nitrogens with one attached hydrogen (secondary N) is 3. The molecule has 3 amide bonds. The molecule has 1 atom stereocenters. The van der Waals surface area contributed by atoms with Crippen LogP contribution >= 0.6 is 0 Å². The highest BCUT2D eigenvalue weighted by atomic mass is 16.2. The fraction of sp³-hybridized carbons (Fsp3) is 0.364. The molecule has 0 aliphatic rings. The van der Waals surface area contributed by atoms with E-state index in [9.17, 15) is 9.59 Å². The number of nitrogens with zero attached hydrogens (tertiary/aromatic N) is 1. The molecule has 0 heterocycles. The second-order valence-corrected chi connectivity index (χ2v) is 7.35. The molecule has 28 heavy (non-hydrogen) atoms. The minimum atomic E-state index is -0.262. The lowest BCUT2D eigenvalue weighted by molar-refractivity contribution is 0.0941. The molecule has 0 spiro atoms. The summed E-state index contributed by atoms with van der Waals surface area (Å²) in [7, 11) is 4.03. The summed E-state index contributed by atoms with van der Waals surface area (Å²) in [6.07, 6.45) is 0.863. The molecule has 0 unspecified atom stereocenters. The zero-order valence-electron chi connectivity index (χ0n) is 17.0. The number of rotatable bonds is 8. The van der Waals surface area contributed by atoms with Gasteiger partial charge in [0.25, 0.3) is 5.91 Å². The van der Waals surface area contributed by atoms with E-state index in [1.165, 1.54) is 5.56 Å². The lowest BCUT2D eigenvalue weighted by Gasteiger charge is -2.24. The summed E-state index contributed by atoms with van der Waals surface area (Å²) in [6, 6.07) is 17.1. The van der Waals surface area contributed by atoms with Crippen molar-refractivity contribution >= 4 is 17.6 Å². The van der Waals surface area contributed by atoms with Gasteiger partial charge in [-0.2, -0.15) is 0 Å². The molecule has 2 aromatic rings. The van der Waals surface area contributed by atoms with Gasteiger partial charge in [0.05, 0.1) is 0 Å². The number of anilines is 1. The van der Waals surface area contributed by atoms with Crippen LogP contribution in [0.2, 0.25) is 0 Å². The normalized spacial score (nSPS) is 11.9. The summed E-state index contributed by atoms with van der Waals surface area (Å²) in [5.41, 5.74) is 2.45. The molecule has 0 saturated carbocycles. The first-order valence-electron chi connectivity index (χ1n) is 9.51. The number of carbonyl (C=O) groups excluding carboxylic acids is 2. The highest BCUT2D eigenvalue weighted by molar-refractivity contribution is 5.95. The summed E-state index contributed by atoms with van der Waals surface area (Å²) in [5, 5.41) is 8.51. The van der Waals surface area contributed by atoms with Gasteiger partial charge in [-0.25, -0.2) is 4.79 Å². The fourth-order valence-corrected chi connectivity index (χ4v) is 2.77.